The van der Waals surface area contributed by atoms with E-state index in [1.54, 1.807) is 48.7 Å². The molecule has 0 spiro atoms. The van der Waals surface area contributed by atoms with Crippen LogP contribution in [0.4, 0.5) is 11.4 Å². The number of hydrogen-bond acceptors (Lipinski definition) is 10. The maximum atomic E-state index is 14.2. The Morgan fingerprint density at radius 3 is 2.36 bits per heavy atom. The van der Waals surface area contributed by atoms with E-state index in [1.807, 2.05) is 18.2 Å². The summed E-state index contributed by atoms with van der Waals surface area (Å²) in [7, 11) is -4.69. The number of ether oxygens (including phenoxy) is 2. The summed E-state index contributed by atoms with van der Waals surface area (Å²) in [5.74, 6) is -1.14. The third-order valence-electron chi connectivity index (χ3n) is 11.7. The van der Waals surface area contributed by atoms with Crippen LogP contribution in [0.1, 0.15) is 60.2 Å². The molecule has 4 aromatic carbocycles. The molecule has 1 amide bonds. The minimum atomic E-state index is -4.69. The molecule has 64 heavy (non-hydrogen) atoms. The van der Waals surface area contributed by atoms with Crippen molar-refractivity contribution in [2.45, 2.75) is 51.5 Å². The second-order valence-electron chi connectivity index (χ2n) is 16.8. The minimum absolute atomic E-state index is 0.0566. The van der Waals surface area contributed by atoms with Gasteiger partial charge in [0.2, 0.25) is 5.75 Å². The Balaban J connectivity index is 1.04. The highest BCUT2D eigenvalue weighted by atomic mass is 35.5. The van der Waals surface area contributed by atoms with Crippen LogP contribution in [0, 0.1) is 22.5 Å². The standard InChI is InChI=1S/C47H45Cl3N6O7S/c1-29-43(50)38(24-40(56(58)59)44(29)62-28-30-4-8-34(48)9-5-30)46(57)53-64(60,61)42-13-12-36(23-41(42)63-37-22-32-15-17-51-45(32)52-26-37)55-20-18-54(19-21-55)27-33-14-16-47(2,3)25-39(33)31-6-10-35(49)11-7-31/h4-13,15,17,22-24,26H,14,16,18-21,25,27-28H2,1-3H3,(H,51,52)(H,53,57). The zero-order valence-corrected chi connectivity index (χ0v) is 38.4. The number of benzene rings is 4. The van der Waals surface area contributed by atoms with Crippen molar-refractivity contribution < 1.29 is 27.6 Å². The Kier molecular flexibility index (Phi) is 13.0. The number of pyridine rings is 1. The number of piperazine rings is 1. The van der Waals surface area contributed by atoms with Crippen LogP contribution in [0.25, 0.3) is 16.6 Å². The van der Waals surface area contributed by atoms with Gasteiger partial charge >= 0.3 is 5.69 Å². The number of halogens is 3. The minimum Gasteiger partial charge on any atom is -0.482 e. The van der Waals surface area contributed by atoms with Gasteiger partial charge in [0.25, 0.3) is 15.9 Å². The second-order valence-corrected chi connectivity index (χ2v) is 19.7. The van der Waals surface area contributed by atoms with Gasteiger partial charge in [-0.25, -0.2) is 18.1 Å². The van der Waals surface area contributed by atoms with Gasteiger partial charge in [0.15, 0.2) is 0 Å². The van der Waals surface area contributed by atoms with Gasteiger partial charge in [-0.1, -0.05) is 78.5 Å². The van der Waals surface area contributed by atoms with Gasteiger partial charge in [0.05, 0.1) is 21.7 Å². The Morgan fingerprint density at radius 2 is 1.66 bits per heavy atom. The van der Waals surface area contributed by atoms with Crippen molar-refractivity contribution in [3.8, 4) is 17.2 Å². The van der Waals surface area contributed by atoms with Crippen molar-refractivity contribution >= 4 is 78.7 Å². The van der Waals surface area contributed by atoms with Crippen LogP contribution in [0.3, 0.4) is 0 Å². The molecule has 332 valence electrons. The Morgan fingerprint density at radius 1 is 0.953 bits per heavy atom. The first kappa shape index (κ1) is 44.9. The topological polar surface area (TPSA) is 160 Å². The Labute approximate surface area is 386 Å². The fourth-order valence-electron chi connectivity index (χ4n) is 8.21. The van der Waals surface area contributed by atoms with Crippen molar-refractivity contribution in [3.05, 3.63) is 150 Å². The number of fused-ring (bicyclic) bond motifs is 1. The molecule has 3 heterocycles. The lowest BCUT2D eigenvalue weighted by Crippen LogP contribution is -2.47. The third-order valence-corrected chi connectivity index (χ3v) is 14.1. The van der Waals surface area contributed by atoms with Crippen LogP contribution in [0.15, 0.2) is 108 Å². The number of hydrogen-bond donors (Lipinski definition) is 2. The molecule has 0 radical (unpaired) electrons. The Hall–Kier alpha value is -5.64. The van der Waals surface area contributed by atoms with Gasteiger partial charge in [0, 0.05) is 77.7 Å². The molecular weight excluding hydrogens is 899 g/mol. The maximum Gasteiger partial charge on any atom is 0.312 e. The number of nitro benzene ring substituents is 1. The average Bonchev–Trinajstić information content (AvgIpc) is 3.74. The summed E-state index contributed by atoms with van der Waals surface area (Å²) in [5, 5.41) is 14.0. The molecular formula is C47H45Cl3N6O7S. The van der Waals surface area contributed by atoms with E-state index in [2.05, 4.69) is 50.5 Å². The molecule has 2 N–H and O–H groups in total. The van der Waals surface area contributed by atoms with Crippen molar-refractivity contribution in [1.29, 1.82) is 0 Å². The lowest BCUT2D eigenvalue weighted by Gasteiger charge is -2.39. The molecule has 1 saturated heterocycles. The highest BCUT2D eigenvalue weighted by molar-refractivity contribution is 7.90. The van der Waals surface area contributed by atoms with Gasteiger partial charge in [-0.15, -0.1) is 0 Å². The van der Waals surface area contributed by atoms with Crippen molar-refractivity contribution in [2.75, 3.05) is 37.6 Å². The van der Waals surface area contributed by atoms with E-state index in [0.29, 0.717) is 34.3 Å². The van der Waals surface area contributed by atoms with E-state index in [4.69, 9.17) is 44.3 Å². The van der Waals surface area contributed by atoms with Crippen molar-refractivity contribution in [3.63, 3.8) is 0 Å². The Bertz CT molecular complexity index is 2900. The van der Waals surface area contributed by atoms with Gasteiger partial charge in [-0.2, -0.15) is 0 Å². The summed E-state index contributed by atoms with van der Waals surface area (Å²) in [6.07, 6.45) is 6.33. The van der Waals surface area contributed by atoms with E-state index >= 15 is 0 Å². The van der Waals surface area contributed by atoms with E-state index < -0.39 is 32.1 Å². The number of sulfonamides is 1. The molecule has 0 atom stereocenters. The average molecular weight is 944 g/mol. The SMILES string of the molecule is Cc1c(Cl)c(C(=O)NS(=O)(=O)c2ccc(N3CCN(CC4=C(c5ccc(Cl)cc5)CC(C)(C)CC4)CC3)cc2Oc2cnc3[nH]ccc3c2)cc([N+](=O)[O-])c1OCc1ccc(Cl)cc1. The molecule has 17 heteroatoms. The number of aromatic nitrogens is 2. The predicted molar refractivity (Wildman–Crippen MR) is 251 cm³/mol. The van der Waals surface area contributed by atoms with Crippen LogP contribution in [-0.4, -0.2) is 66.8 Å². The number of carbonyl (C=O) groups excluding carboxylic acids is 1. The molecule has 1 aliphatic carbocycles. The van der Waals surface area contributed by atoms with E-state index in [-0.39, 0.29) is 44.8 Å². The second kappa shape index (κ2) is 18.5. The summed E-state index contributed by atoms with van der Waals surface area (Å²) >= 11 is 18.8. The number of nitro groups is 1. The van der Waals surface area contributed by atoms with E-state index in [0.717, 1.165) is 56.0 Å². The monoisotopic (exact) mass is 942 g/mol. The number of nitrogens with zero attached hydrogens (tertiary/aromatic N) is 4. The van der Waals surface area contributed by atoms with Crippen molar-refractivity contribution in [1.82, 2.24) is 19.6 Å². The molecule has 1 aliphatic heterocycles. The quantitative estimate of drug-likeness (QED) is 0.0842. The molecule has 2 aromatic heterocycles. The number of aromatic amines is 1. The number of rotatable bonds is 13. The van der Waals surface area contributed by atoms with Crippen LogP contribution < -0.4 is 19.1 Å². The number of H-pyrrole nitrogens is 1. The highest BCUT2D eigenvalue weighted by Crippen LogP contribution is 2.44. The summed E-state index contributed by atoms with van der Waals surface area (Å²) in [6, 6.07) is 23.9. The fourth-order valence-corrected chi connectivity index (χ4v) is 9.76. The highest BCUT2D eigenvalue weighted by Gasteiger charge is 2.32. The molecule has 8 rings (SSSR count). The third kappa shape index (κ3) is 10.0. The lowest BCUT2D eigenvalue weighted by atomic mass is 9.72. The molecule has 0 unspecified atom stereocenters. The maximum absolute atomic E-state index is 14.2. The van der Waals surface area contributed by atoms with Crippen molar-refractivity contribution in [2.24, 2.45) is 5.41 Å². The van der Waals surface area contributed by atoms with Crippen LogP contribution in [0.5, 0.6) is 17.2 Å². The van der Waals surface area contributed by atoms with E-state index in [9.17, 15) is 23.3 Å². The number of amides is 1. The lowest BCUT2D eigenvalue weighted by molar-refractivity contribution is -0.386. The molecule has 2 aliphatic rings. The smallest absolute Gasteiger partial charge is 0.312 e. The number of nitrogens with one attached hydrogen (secondary N) is 2. The molecule has 6 aromatic rings. The zero-order valence-electron chi connectivity index (χ0n) is 35.3. The first-order valence-corrected chi connectivity index (χ1v) is 23.3. The predicted octanol–water partition coefficient (Wildman–Crippen LogP) is 11.0. The molecule has 0 saturated carbocycles. The fraction of sp³-hybridized carbons (Fsp3) is 0.277. The molecule has 13 nitrogen and oxygen atoms in total. The van der Waals surface area contributed by atoms with Gasteiger partial charge in [-0.3, -0.25) is 19.8 Å². The summed E-state index contributed by atoms with van der Waals surface area (Å²) in [4.78, 5) is 37.0. The number of carbonyl (C=O) groups is 1. The van der Waals surface area contributed by atoms with Gasteiger partial charge in [0.1, 0.15) is 28.6 Å². The summed E-state index contributed by atoms with van der Waals surface area (Å²) in [6.45, 7) is 9.78. The van der Waals surface area contributed by atoms with Gasteiger partial charge in [-0.05, 0) is 96.8 Å². The van der Waals surface area contributed by atoms with Crippen LogP contribution in [-0.2, 0) is 16.6 Å². The normalized spacial score (nSPS) is 15.6. The number of anilines is 1. The first-order chi connectivity index (χ1) is 30.5. The van der Waals surface area contributed by atoms with E-state index in [1.165, 1.54) is 35.9 Å². The first-order valence-electron chi connectivity index (χ1n) is 20.6. The zero-order chi connectivity index (χ0) is 45.3. The van der Waals surface area contributed by atoms with Gasteiger partial charge < -0.3 is 19.4 Å². The van der Waals surface area contributed by atoms with Crippen LogP contribution >= 0.6 is 34.8 Å². The number of allylic oxidation sites excluding steroid dienone is 1. The molecule has 1 fully saturated rings. The largest absolute Gasteiger partial charge is 0.482 e. The molecule has 0 bridgehead atoms. The summed E-state index contributed by atoms with van der Waals surface area (Å²) < 4.78 is 42.5. The van der Waals surface area contributed by atoms with Crippen LogP contribution in [0.2, 0.25) is 15.1 Å². The summed E-state index contributed by atoms with van der Waals surface area (Å²) in [5.41, 5.74) is 5.35.